The minimum atomic E-state index is -1.20. The van der Waals surface area contributed by atoms with Gasteiger partial charge in [0.2, 0.25) is 11.8 Å². The van der Waals surface area contributed by atoms with Gasteiger partial charge in [0.25, 0.3) is 0 Å². The van der Waals surface area contributed by atoms with E-state index in [0.717, 1.165) is 17.0 Å². The standard InChI is InChI=1S/C21H22N2O5S/c1-3-18(21(27)23-14-7-9-16(28-2)10-8-14)29-17-6-4-5-15(13-17)22-19(24)11-12-20(25)26/h4-13,18H,3H2,1-2H3,(H,22,24)(H,23,27)(H,25,26)/b12-11+. The monoisotopic (exact) mass is 414 g/mol. The van der Waals surface area contributed by atoms with Gasteiger partial charge in [-0.1, -0.05) is 13.0 Å². The fraction of sp³-hybridized carbons (Fsp3) is 0.190. The molecule has 8 heteroatoms. The first-order chi connectivity index (χ1) is 13.9. The van der Waals surface area contributed by atoms with Crippen molar-refractivity contribution in [3.63, 3.8) is 0 Å². The number of hydrogen-bond donors (Lipinski definition) is 3. The topological polar surface area (TPSA) is 105 Å². The van der Waals surface area contributed by atoms with Crippen LogP contribution < -0.4 is 15.4 Å². The number of carbonyl (C=O) groups excluding carboxylic acids is 2. The molecule has 0 aliphatic carbocycles. The Balaban J connectivity index is 2.01. The van der Waals surface area contributed by atoms with Crippen molar-refractivity contribution >= 4 is 40.9 Å². The van der Waals surface area contributed by atoms with E-state index < -0.39 is 11.9 Å². The number of rotatable bonds is 9. The summed E-state index contributed by atoms with van der Waals surface area (Å²) in [5.41, 5.74) is 1.20. The van der Waals surface area contributed by atoms with E-state index in [1.54, 1.807) is 49.6 Å². The van der Waals surface area contributed by atoms with Crippen LogP contribution in [-0.2, 0) is 14.4 Å². The Morgan fingerprint density at radius 2 is 1.79 bits per heavy atom. The minimum absolute atomic E-state index is 0.124. The van der Waals surface area contributed by atoms with Crippen molar-refractivity contribution in [1.29, 1.82) is 0 Å². The summed E-state index contributed by atoms with van der Waals surface area (Å²) in [6.07, 6.45) is 2.33. The summed E-state index contributed by atoms with van der Waals surface area (Å²) in [6.45, 7) is 1.92. The van der Waals surface area contributed by atoms with Gasteiger partial charge >= 0.3 is 5.97 Å². The number of benzene rings is 2. The van der Waals surface area contributed by atoms with Crippen LogP contribution in [0.15, 0.2) is 65.6 Å². The highest BCUT2D eigenvalue weighted by molar-refractivity contribution is 8.00. The van der Waals surface area contributed by atoms with Gasteiger partial charge in [-0.15, -0.1) is 11.8 Å². The van der Waals surface area contributed by atoms with E-state index in [1.807, 2.05) is 13.0 Å². The summed E-state index contributed by atoms with van der Waals surface area (Å²) >= 11 is 1.38. The van der Waals surface area contributed by atoms with Crippen LogP contribution in [0.2, 0.25) is 0 Å². The molecule has 0 bridgehead atoms. The van der Waals surface area contributed by atoms with Crippen LogP contribution in [0.5, 0.6) is 5.75 Å². The second-order valence-electron chi connectivity index (χ2n) is 5.92. The van der Waals surface area contributed by atoms with Gasteiger partial charge in [-0.3, -0.25) is 9.59 Å². The predicted molar refractivity (Wildman–Crippen MR) is 113 cm³/mol. The lowest BCUT2D eigenvalue weighted by Crippen LogP contribution is -2.24. The van der Waals surface area contributed by atoms with Crippen molar-refractivity contribution < 1.29 is 24.2 Å². The number of hydrogen-bond acceptors (Lipinski definition) is 5. The number of carbonyl (C=O) groups is 3. The fourth-order valence-electron chi connectivity index (χ4n) is 2.36. The molecule has 0 spiro atoms. The minimum Gasteiger partial charge on any atom is -0.497 e. The molecule has 0 fully saturated rings. The molecule has 0 heterocycles. The van der Waals surface area contributed by atoms with Gasteiger partial charge in [-0.05, 0) is 48.9 Å². The fourth-order valence-corrected chi connectivity index (χ4v) is 3.37. The van der Waals surface area contributed by atoms with Gasteiger partial charge in [0, 0.05) is 28.4 Å². The number of thioether (sulfide) groups is 1. The van der Waals surface area contributed by atoms with Gasteiger partial charge in [0.05, 0.1) is 12.4 Å². The zero-order valence-corrected chi connectivity index (χ0v) is 16.9. The summed E-state index contributed by atoms with van der Waals surface area (Å²) in [6, 6.07) is 14.1. The van der Waals surface area contributed by atoms with Crippen LogP contribution in [0.25, 0.3) is 0 Å². The maximum absolute atomic E-state index is 12.6. The largest absolute Gasteiger partial charge is 0.497 e. The molecule has 2 aromatic rings. The van der Waals surface area contributed by atoms with E-state index in [2.05, 4.69) is 10.6 Å². The first-order valence-corrected chi connectivity index (χ1v) is 9.73. The highest BCUT2D eigenvalue weighted by Crippen LogP contribution is 2.28. The van der Waals surface area contributed by atoms with E-state index in [9.17, 15) is 14.4 Å². The maximum Gasteiger partial charge on any atom is 0.328 e. The van der Waals surface area contributed by atoms with E-state index in [-0.39, 0.29) is 11.2 Å². The molecular formula is C21H22N2O5S. The summed E-state index contributed by atoms with van der Waals surface area (Å²) < 4.78 is 5.11. The van der Waals surface area contributed by atoms with E-state index in [1.165, 1.54) is 11.8 Å². The van der Waals surface area contributed by atoms with Crippen LogP contribution in [0.1, 0.15) is 13.3 Å². The molecule has 7 nitrogen and oxygen atoms in total. The molecule has 0 aliphatic heterocycles. The van der Waals surface area contributed by atoms with Crippen molar-refractivity contribution in [1.82, 2.24) is 0 Å². The van der Waals surface area contributed by atoms with Crippen molar-refractivity contribution in [3.8, 4) is 5.75 Å². The van der Waals surface area contributed by atoms with Crippen LogP contribution in [0.4, 0.5) is 11.4 Å². The molecule has 2 aromatic carbocycles. The van der Waals surface area contributed by atoms with Crippen LogP contribution >= 0.6 is 11.8 Å². The first-order valence-electron chi connectivity index (χ1n) is 8.85. The van der Waals surface area contributed by atoms with E-state index in [4.69, 9.17) is 9.84 Å². The molecule has 2 rings (SSSR count). The lowest BCUT2D eigenvalue weighted by Gasteiger charge is -2.15. The maximum atomic E-state index is 12.6. The normalized spacial score (nSPS) is 11.7. The highest BCUT2D eigenvalue weighted by Gasteiger charge is 2.18. The molecule has 3 N–H and O–H groups in total. The Morgan fingerprint density at radius 1 is 1.07 bits per heavy atom. The first kappa shape index (κ1) is 22.0. The molecule has 0 saturated carbocycles. The SMILES string of the molecule is CCC(Sc1cccc(NC(=O)/C=C/C(=O)O)c1)C(=O)Nc1ccc(OC)cc1. The Hall–Kier alpha value is -3.26. The number of methoxy groups -OCH3 is 1. The zero-order valence-electron chi connectivity index (χ0n) is 16.0. The van der Waals surface area contributed by atoms with Crippen molar-refractivity contribution in [2.75, 3.05) is 17.7 Å². The Morgan fingerprint density at radius 3 is 2.41 bits per heavy atom. The third-order valence-electron chi connectivity index (χ3n) is 3.78. The molecule has 0 aromatic heterocycles. The van der Waals surface area contributed by atoms with E-state index >= 15 is 0 Å². The number of nitrogens with one attached hydrogen (secondary N) is 2. The summed E-state index contributed by atoms with van der Waals surface area (Å²) in [5.74, 6) is -1.15. The summed E-state index contributed by atoms with van der Waals surface area (Å²) in [4.78, 5) is 35.6. The Labute approximate surface area is 173 Å². The van der Waals surface area contributed by atoms with Gasteiger partial charge in [-0.2, -0.15) is 0 Å². The quantitative estimate of drug-likeness (QED) is 0.426. The molecule has 2 amide bonds. The zero-order chi connectivity index (χ0) is 21.2. The Kier molecular flexibility index (Phi) is 8.29. The van der Waals surface area contributed by atoms with Crippen molar-refractivity contribution in [3.05, 3.63) is 60.7 Å². The van der Waals surface area contributed by atoms with Crippen molar-refractivity contribution in [2.24, 2.45) is 0 Å². The molecule has 152 valence electrons. The number of anilines is 2. The van der Waals surface area contributed by atoms with Crippen LogP contribution in [-0.4, -0.2) is 35.2 Å². The Bertz CT molecular complexity index is 896. The molecule has 0 radical (unpaired) electrons. The third kappa shape index (κ3) is 7.34. The number of carboxylic acid groups (broad SMARTS) is 1. The van der Waals surface area contributed by atoms with Gasteiger partial charge in [0.15, 0.2) is 0 Å². The number of amides is 2. The molecular weight excluding hydrogens is 392 g/mol. The number of carboxylic acids is 1. The average molecular weight is 414 g/mol. The molecule has 1 unspecified atom stereocenters. The van der Waals surface area contributed by atoms with Gasteiger partial charge in [0.1, 0.15) is 5.75 Å². The lowest BCUT2D eigenvalue weighted by atomic mass is 10.2. The number of ether oxygens (including phenoxy) is 1. The molecule has 0 saturated heterocycles. The van der Waals surface area contributed by atoms with Crippen molar-refractivity contribution in [2.45, 2.75) is 23.5 Å². The van der Waals surface area contributed by atoms with Crippen LogP contribution in [0, 0.1) is 0 Å². The average Bonchev–Trinajstić information content (AvgIpc) is 2.71. The summed E-state index contributed by atoms with van der Waals surface area (Å²) in [7, 11) is 1.58. The third-order valence-corrected chi connectivity index (χ3v) is 5.14. The highest BCUT2D eigenvalue weighted by atomic mass is 32.2. The van der Waals surface area contributed by atoms with E-state index in [0.29, 0.717) is 23.5 Å². The smallest absolute Gasteiger partial charge is 0.328 e. The van der Waals surface area contributed by atoms with Gasteiger partial charge in [-0.25, -0.2) is 4.79 Å². The molecule has 0 aliphatic rings. The summed E-state index contributed by atoms with van der Waals surface area (Å²) in [5, 5.41) is 13.7. The van der Waals surface area contributed by atoms with Crippen LogP contribution in [0.3, 0.4) is 0 Å². The second kappa shape index (κ2) is 10.9. The molecule has 1 atom stereocenters. The molecule has 29 heavy (non-hydrogen) atoms. The predicted octanol–water partition coefficient (Wildman–Crippen LogP) is 3.78. The lowest BCUT2D eigenvalue weighted by molar-refractivity contribution is -0.131. The second-order valence-corrected chi connectivity index (χ2v) is 7.20. The number of aliphatic carboxylic acids is 1. The van der Waals surface area contributed by atoms with Gasteiger partial charge < -0.3 is 20.5 Å².